The standard InChI is InChI=1S/2C4HCl2NO2S.2K/c2*5-1-2(4(8)9)10-7-3(1)6;;/h2*(H,8,9);;/q;;2*+1/p-2. The molecule has 0 atom stereocenters. The van der Waals surface area contributed by atoms with Crippen LogP contribution in [0.15, 0.2) is 0 Å². The molecular formula is C8Cl4K2N2O4S2. The third kappa shape index (κ3) is 7.89. The van der Waals surface area contributed by atoms with Gasteiger partial charge in [-0.2, -0.15) is 8.75 Å². The minimum Gasteiger partial charge on any atom is -0.544 e. The second-order valence-corrected chi connectivity index (χ2v) is 5.83. The van der Waals surface area contributed by atoms with Crippen LogP contribution in [-0.2, 0) is 0 Å². The van der Waals surface area contributed by atoms with Crippen molar-refractivity contribution in [1.29, 1.82) is 0 Å². The number of halogens is 4. The maximum Gasteiger partial charge on any atom is 1.00 e. The van der Waals surface area contributed by atoms with Crippen molar-refractivity contribution >= 4 is 81.4 Å². The van der Waals surface area contributed by atoms with Gasteiger partial charge in [-0.15, -0.1) is 0 Å². The molecule has 2 heterocycles. The van der Waals surface area contributed by atoms with E-state index in [0.717, 1.165) is 0 Å². The first-order chi connectivity index (χ1) is 9.25. The Hall–Kier alpha value is 2.63. The van der Waals surface area contributed by atoms with Gasteiger partial charge in [-0.1, -0.05) is 46.4 Å². The molecule has 0 N–H and O–H groups in total. The molecule has 0 unspecified atom stereocenters. The summed E-state index contributed by atoms with van der Waals surface area (Å²) in [7, 11) is 0. The summed E-state index contributed by atoms with van der Waals surface area (Å²) in [5.41, 5.74) is 0. The van der Waals surface area contributed by atoms with E-state index in [-0.39, 0.29) is 133 Å². The Balaban J connectivity index is 0. The molecule has 0 saturated heterocycles. The quantitative estimate of drug-likeness (QED) is 0.409. The van der Waals surface area contributed by atoms with Crippen molar-refractivity contribution < 1.29 is 123 Å². The van der Waals surface area contributed by atoms with Gasteiger partial charge in [0.05, 0.1) is 31.7 Å². The maximum absolute atomic E-state index is 10.2. The molecule has 2 aromatic heterocycles. The first-order valence-corrected chi connectivity index (χ1v) is 7.35. The van der Waals surface area contributed by atoms with Crippen LogP contribution in [0.2, 0.25) is 20.4 Å². The largest absolute Gasteiger partial charge is 1.00 e. The molecule has 0 spiro atoms. The monoisotopic (exact) mass is 470 g/mol. The van der Waals surface area contributed by atoms with Gasteiger partial charge in [-0.3, -0.25) is 0 Å². The van der Waals surface area contributed by atoms with Crippen LogP contribution in [0.25, 0.3) is 0 Å². The zero-order valence-corrected chi connectivity index (χ0v) is 21.8. The summed E-state index contributed by atoms with van der Waals surface area (Å²) < 4.78 is 6.98. The molecule has 0 amide bonds. The van der Waals surface area contributed by atoms with Gasteiger partial charge in [-0.25, -0.2) is 0 Å². The average Bonchev–Trinajstić information content (AvgIpc) is 2.86. The van der Waals surface area contributed by atoms with Crippen LogP contribution in [0.3, 0.4) is 0 Å². The number of rotatable bonds is 2. The van der Waals surface area contributed by atoms with Gasteiger partial charge >= 0.3 is 103 Å². The van der Waals surface area contributed by atoms with E-state index >= 15 is 0 Å². The van der Waals surface area contributed by atoms with Crippen molar-refractivity contribution in [3.8, 4) is 0 Å². The first-order valence-electron chi connectivity index (χ1n) is 4.29. The van der Waals surface area contributed by atoms with E-state index in [1.807, 2.05) is 0 Å². The molecule has 0 fully saturated rings. The number of carbonyl (C=O) groups is 2. The van der Waals surface area contributed by atoms with E-state index in [1.54, 1.807) is 0 Å². The number of hydrogen-bond donors (Lipinski definition) is 0. The van der Waals surface area contributed by atoms with Crippen LogP contribution >= 0.6 is 69.5 Å². The molecule has 0 aliphatic rings. The van der Waals surface area contributed by atoms with E-state index in [9.17, 15) is 19.8 Å². The summed E-state index contributed by atoms with van der Waals surface area (Å²) in [5.74, 6) is -2.70. The first kappa shape index (κ1) is 26.9. The SMILES string of the molecule is O=C([O-])c1snc(Cl)c1Cl.O=C([O-])c1snc(Cl)c1Cl.[K+].[K+]. The Bertz CT molecular complexity index is 610. The zero-order chi connectivity index (χ0) is 15.4. The van der Waals surface area contributed by atoms with Crippen LogP contribution in [-0.4, -0.2) is 20.7 Å². The van der Waals surface area contributed by atoms with Crippen molar-refractivity contribution in [2.24, 2.45) is 0 Å². The van der Waals surface area contributed by atoms with Gasteiger partial charge in [0, 0.05) is 0 Å². The van der Waals surface area contributed by atoms with E-state index < -0.39 is 11.9 Å². The van der Waals surface area contributed by atoms with Gasteiger partial charge in [0.25, 0.3) is 0 Å². The van der Waals surface area contributed by atoms with Crippen LogP contribution in [0.5, 0.6) is 0 Å². The predicted molar refractivity (Wildman–Crippen MR) is 72.9 cm³/mol. The number of carbonyl (C=O) groups excluding carboxylic acids is 2. The third-order valence-electron chi connectivity index (χ3n) is 1.57. The van der Waals surface area contributed by atoms with E-state index in [0.29, 0.717) is 23.1 Å². The zero-order valence-electron chi connectivity index (χ0n) is 10.9. The molecule has 14 heteroatoms. The fraction of sp³-hybridized carbons (Fsp3) is 0. The van der Waals surface area contributed by atoms with Gasteiger partial charge in [0.15, 0.2) is 10.3 Å². The molecule has 0 aromatic carbocycles. The number of aromatic carboxylic acids is 2. The summed E-state index contributed by atoms with van der Waals surface area (Å²) >= 11 is 22.9. The van der Waals surface area contributed by atoms with Gasteiger partial charge in [-0.05, 0) is 23.1 Å². The molecule has 22 heavy (non-hydrogen) atoms. The van der Waals surface area contributed by atoms with Crippen molar-refractivity contribution in [2.45, 2.75) is 0 Å². The van der Waals surface area contributed by atoms with Crippen molar-refractivity contribution in [3.63, 3.8) is 0 Å². The molecular weight excluding hydrogens is 472 g/mol. The summed E-state index contributed by atoms with van der Waals surface area (Å²) in [5, 5.41) is 20.2. The summed E-state index contributed by atoms with van der Waals surface area (Å²) in [6.45, 7) is 0. The fourth-order valence-electron chi connectivity index (χ4n) is 0.773. The van der Waals surface area contributed by atoms with Crippen LogP contribution in [0.4, 0.5) is 0 Å². The number of carboxylic acid groups (broad SMARTS) is 2. The van der Waals surface area contributed by atoms with Crippen LogP contribution in [0, 0.1) is 0 Å². The normalized spacial score (nSPS) is 8.91. The topological polar surface area (TPSA) is 106 Å². The molecule has 0 radical (unpaired) electrons. The smallest absolute Gasteiger partial charge is 0.544 e. The van der Waals surface area contributed by atoms with E-state index in [1.165, 1.54) is 0 Å². The number of nitrogens with zero attached hydrogens (tertiary/aromatic N) is 2. The third-order valence-corrected chi connectivity index (χ3v) is 5.12. The summed E-state index contributed by atoms with van der Waals surface area (Å²) in [6, 6.07) is 0. The Morgan fingerprint density at radius 1 is 0.773 bits per heavy atom. The second-order valence-electron chi connectivity index (χ2n) is 2.81. The average molecular weight is 472 g/mol. The molecule has 108 valence electrons. The second kappa shape index (κ2) is 12.9. The summed E-state index contributed by atoms with van der Waals surface area (Å²) in [6.07, 6.45) is 0. The Morgan fingerprint density at radius 2 is 1.05 bits per heavy atom. The Kier molecular flexibility index (Phi) is 15.7. The molecule has 0 saturated carbocycles. The fourth-order valence-corrected chi connectivity index (χ4v) is 2.86. The molecule has 0 aliphatic heterocycles. The molecule has 6 nitrogen and oxygen atoms in total. The van der Waals surface area contributed by atoms with Crippen LogP contribution < -0.4 is 113 Å². The minimum atomic E-state index is -1.35. The molecule has 2 rings (SSSR count). The molecule has 0 bridgehead atoms. The van der Waals surface area contributed by atoms with Gasteiger partial charge in [0.1, 0.15) is 0 Å². The number of aromatic nitrogens is 2. The van der Waals surface area contributed by atoms with Gasteiger partial charge < -0.3 is 19.8 Å². The van der Waals surface area contributed by atoms with E-state index in [4.69, 9.17) is 46.4 Å². The Morgan fingerprint density at radius 3 is 1.14 bits per heavy atom. The van der Waals surface area contributed by atoms with Crippen molar-refractivity contribution in [2.75, 3.05) is 0 Å². The van der Waals surface area contributed by atoms with Crippen molar-refractivity contribution in [1.82, 2.24) is 8.75 Å². The van der Waals surface area contributed by atoms with Crippen molar-refractivity contribution in [3.05, 3.63) is 30.1 Å². The number of carboxylic acids is 2. The van der Waals surface area contributed by atoms with Gasteiger partial charge in [0.2, 0.25) is 0 Å². The van der Waals surface area contributed by atoms with E-state index in [2.05, 4.69) is 8.75 Å². The Labute approximate surface area is 237 Å². The summed E-state index contributed by atoms with van der Waals surface area (Å²) in [4.78, 5) is 20.0. The molecule has 2 aromatic rings. The molecule has 0 aliphatic carbocycles. The predicted octanol–water partition coefficient (Wildman–Crippen LogP) is -4.37. The van der Waals surface area contributed by atoms with Crippen LogP contribution in [0.1, 0.15) is 19.3 Å². The minimum absolute atomic E-state index is 0. The maximum atomic E-state index is 10.2. The number of hydrogen-bond acceptors (Lipinski definition) is 8.